The van der Waals surface area contributed by atoms with Crippen molar-refractivity contribution in [1.82, 2.24) is 15.1 Å². The van der Waals surface area contributed by atoms with Gasteiger partial charge in [0.1, 0.15) is 0 Å². The number of likely N-dealkylation sites (tertiary alicyclic amines) is 2. The minimum absolute atomic E-state index is 0.213. The summed E-state index contributed by atoms with van der Waals surface area (Å²) in [6.45, 7) is 10.6. The van der Waals surface area contributed by atoms with Crippen molar-refractivity contribution >= 4 is 5.96 Å². The summed E-state index contributed by atoms with van der Waals surface area (Å²) in [5.74, 6) is 1.12. The third kappa shape index (κ3) is 3.27. The van der Waals surface area contributed by atoms with Crippen LogP contribution < -0.4 is 5.32 Å². The largest absolute Gasteiger partial charge is 0.354 e. The van der Waals surface area contributed by atoms with Gasteiger partial charge < -0.3 is 10.2 Å². The standard InChI is InChI=1S/C18H34N4/c1-17(2,22-11-5-4-6-12-22)14-20-16(19-3)21-13-10-18(15-21)8-7-9-18/h4-15H2,1-3H3,(H,19,20). The predicted molar refractivity (Wildman–Crippen MR) is 93.3 cm³/mol. The first-order chi connectivity index (χ1) is 10.5. The second-order valence-corrected chi connectivity index (χ2v) is 8.29. The minimum atomic E-state index is 0.213. The van der Waals surface area contributed by atoms with Crippen molar-refractivity contribution in [3.8, 4) is 0 Å². The molecule has 0 atom stereocenters. The fourth-order valence-electron chi connectivity index (χ4n) is 4.44. The molecule has 3 fully saturated rings. The van der Waals surface area contributed by atoms with E-state index in [2.05, 4.69) is 34.0 Å². The average Bonchev–Trinajstić information content (AvgIpc) is 2.94. The second-order valence-electron chi connectivity index (χ2n) is 8.29. The lowest BCUT2D eigenvalue weighted by atomic mass is 9.68. The highest BCUT2D eigenvalue weighted by Gasteiger charge is 2.43. The van der Waals surface area contributed by atoms with Crippen molar-refractivity contribution in [1.29, 1.82) is 0 Å². The molecular formula is C18H34N4. The Bertz CT molecular complexity index is 405. The van der Waals surface area contributed by atoms with E-state index in [0.717, 1.165) is 12.5 Å². The number of aliphatic imine (C=N–C) groups is 1. The Kier molecular flexibility index (Phi) is 4.67. The molecule has 126 valence electrons. The Morgan fingerprint density at radius 2 is 1.77 bits per heavy atom. The van der Waals surface area contributed by atoms with Crippen LogP contribution in [0.25, 0.3) is 0 Å². The van der Waals surface area contributed by atoms with E-state index in [0.29, 0.717) is 5.41 Å². The van der Waals surface area contributed by atoms with E-state index in [1.165, 1.54) is 71.1 Å². The molecule has 0 unspecified atom stereocenters. The summed E-state index contributed by atoms with van der Waals surface area (Å²) < 4.78 is 0. The monoisotopic (exact) mass is 306 g/mol. The van der Waals surface area contributed by atoms with Crippen molar-refractivity contribution < 1.29 is 0 Å². The molecule has 2 heterocycles. The molecule has 0 aromatic rings. The van der Waals surface area contributed by atoms with Gasteiger partial charge in [-0.05, 0) is 64.5 Å². The molecule has 3 aliphatic rings. The Labute approximate surface area is 136 Å². The van der Waals surface area contributed by atoms with Crippen molar-refractivity contribution in [3.05, 3.63) is 0 Å². The molecule has 1 saturated carbocycles. The Morgan fingerprint density at radius 1 is 1.05 bits per heavy atom. The van der Waals surface area contributed by atoms with Crippen LogP contribution in [0, 0.1) is 5.41 Å². The summed E-state index contributed by atoms with van der Waals surface area (Å²) >= 11 is 0. The van der Waals surface area contributed by atoms with Gasteiger partial charge in [-0.15, -0.1) is 0 Å². The molecule has 3 rings (SSSR count). The summed E-state index contributed by atoms with van der Waals surface area (Å²) in [4.78, 5) is 9.69. The van der Waals surface area contributed by atoms with E-state index in [1.54, 1.807) is 0 Å². The molecule has 1 spiro atoms. The molecular weight excluding hydrogens is 272 g/mol. The molecule has 0 radical (unpaired) electrons. The average molecular weight is 306 g/mol. The Hall–Kier alpha value is -0.770. The van der Waals surface area contributed by atoms with Gasteiger partial charge in [0.25, 0.3) is 0 Å². The summed E-state index contributed by atoms with van der Waals surface area (Å²) in [6.07, 6.45) is 9.77. The molecule has 22 heavy (non-hydrogen) atoms. The van der Waals surface area contributed by atoms with Crippen molar-refractivity contribution in [2.75, 3.05) is 39.8 Å². The van der Waals surface area contributed by atoms with Gasteiger partial charge in [0.15, 0.2) is 5.96 Å². The number of nitrogens with zero attached hydrogens (tertiary/aromatic N) is 3. The van der Waals surface area contributed by atoms with Crippen molar-refractivity contribution in [2.24, 2.45) is 10.4 Å². The van der Waals surface area contributed by atoms with Gasteiger partial charge in [-0.2, -0.15) is 0 Å². The number of piperidine rings is 1. The second kappa shape index (κ2) is 6.38. The highest BCUT2D eigenvalue weighted by Crippen LogP contribution is 2.47. The molecule has 2 aliphatic heterocycles. The first-order valence-electron chi connectivity index (χ1n) is 9.25. The van der Waals surface area contributed by atoms with Gasteiger partial charge in [0.05, 0.1) is 0 Å². The van der Waals surface area contributed by atoms with Gasteiger partial charge >= 0.3 is 0 Å². The number of rotatable bonds is 3. The van der Waals surface area contributed by atoms with Gasteiger partial charge in [0, 0.05) is 32.2 Å². The van der Waals surface area contributed by atoms with Gasteiger partial charge in [-0.25, -0.2) is 0 Å². The molecule has 2 saturated heterocycles. The summed E-state index contributed by atoms with van der Waals surface area (Å²) in [5, 5.41) is 3.67. The molecule has 4 heteroatoms. The van der Waals surface area contributed by atoms with Crippen molar-refractivity contribution in [3.63, 3.8) is 0 Å². The summed E-state index contributed by atoms with van der Waals surface area (Å²) in [7, 11) is 1.93. The zero-order chi connectivity index (χ0) is 15.6. The first-order valence-corrected chi connectivity index (χ1v) is 9.25. The van der Waals surface area contributed by atoms with Crippen LogP contribution in [-0.4, -0.2) is 61.1 Å². The molecule has 0 aromatic carbocycles. The molecule has 0 amide bonds. The maximum Gasteiger partial charge on any atom is 0.193 e. The van der Waals surface area contributed by atoms with Gasteiger partial charge in [-0.3, -0.25) is 9.89 Å². The van der Waals surface area contributed by atoms with Crippen LogP contribution in [0.2, 0.25) is 0 Å². The summed E-state index contributed by atoms with van der Waals surface area (Å²) in [5.41, 5.74) is 0.851. The Morgan fingerprint density at radius 3 is 2.32 bits per heavy atom. The van der Waals surface area contributed by atoms with Crippen LogP contribution >= 0.6 is 0 Å². The van der Waals surface area contributed by atoms with Crippen molar-refractivity contribution in [2.45, 2.75) is 64.3 Å². The molecule has 0 bridgehead atoms. The quantitative estimate of drug-likeness (QED) is 0.642. The van der Waals surface area contributed by atoms with Crippen LogP contribution in [0.3, 0.4) is 0 Å². The predicted octanol–water partition coefficient (Wildman–Crippen LogP) is 2.70. The maximum atomic E-state index is 4.56. The molecule has 4 nitrogen and oxygen atoms in total. The van der Waals surface area contributed by atoms with Crippen LogP contribution in [-0.2, 0) is 0 Å². The maximum absolute atomic E-state index is 4.56. The highest BCUT2D eigenvalue weighted by molar-refractivity contribution is 5.80. The first kappa shape index (κ1) is 16.1. The topological polar surface area (TPSA) is 30.9 Å². The SMILES string of the molecule is CN=C(NCC(C)(C)N1CCCCC1)N1CCC2(CCC2)C1. The lowest BCUT2D eigenvalue weighted by Crippen LogP contribution is -2.55. The number of hydrogen-bond donors (Lipinski definition) is 1. The lowest BCUT2D eigenvalue weighted by Gasteiger charge is -2.42. The number of guanidine groups is 1. The normalized spacial score (nSPS) is 26.3. The van der Waals surface area contributed by atoms with Crippen LogP contribution in [0.15, 0.2) is 4.99 Å². The number of nitrogens with one attached hydrogen (secondary N) is 1. The van der Waals surface area contributed by atoms with Crippen LogP contribution in [0.1, 0.15) is 58.8 Å². The highest BCUT2D eigenvalue weighted by atomic mass is 15.3. The smallest absolute Gasteiger partial charge is 0.193 e. The minimum Gasteiger partial charge on any atom is -0.354 e. The fraction of sp³-hybridized carbons (Fsp3) is 0.944. The third-order valence-electron chi connectivity index (χ3n) is 6.26. The molecule has 1 aliphatic carbocycles. The summed E-state index contributed by atoms with van der Waals surface area (Å²) in [6, 6.07) is 0. The van der Waals surface area contributed by atoms with E-state index in [1.807, 2.05) is 7.05 Å². The third-order valence-corrected chi connectivity index (χ3v) is 6.26. The number of hydrogen-bond acceptors (Lipinski definition) is 2. The van der Waals surface area contributed by atoms with E-state index in [9.17, 15) is 0 Å². The fourth-order valence-corrected chi connectivity index (χ4v) is 4.44. The molecule has 0 aromatic heterocycles. The van der Waals surface area contributed by atoms with Crippen LogP contribution in [0.4, 0.5) is 0 Å². The zero-order valence-electron chi connectivity index (χ0n) is 14.8. The van der Waals surface area contributed by atoms with Gasteiger partial charge in [0.2, 0.25) is 0 Å². The van der Waals surface area contributed by atoms with E-state index in [-0.39, 0.29) is 5.54 Å². The Balaban J connectivity index is 1.52. The van der Waals surface area contributed by atoms with E-state index >= 15 is 0 Å². The zero-order valence-corrected chi connectivity index (χ0v) is 14.8. The van der Waals surface area contributed by atoms with E-state index in [4.69, 9.17) is 0 Å². The molecule has 1 N–H and O–H groups in total. The lowest BCUT2D eigenvalue weighted by molar-refractivity contribution is 0.0974. The van der Waals surface area contributed by atoms with E-state index < -0.39 is 0 Å². The van der Waals surface area contributed by atoms with Gasteiger partial charge in [-0.1, -0.05) is 12.8 Å². The van der Waals surface area contributed by atoms with Crippen LogP contribution in [0.5, 0.6) is 0 Å².